The van der Waals surface area contributed by atoms with Gasteiger partial charge in [-0.25, -0.2) is 13.0 Å². The van der Waals surface area contributed by atoms with Crippen LogP contribution >= 0.6 is 0 Å². The van der Waals surface area contributed by atoms with Crippen molar-refractivity contribution in [2.24, 2.45) is 0 Å². The summed E-state index contributed by atoms with van der Waals surface area (Å²) in [6.07, 6.45) is 0. The summed E-state index contributed by atoms with van der Waals surface area (Å²) in [6.45, 7) is 4.73. The van der Waals surface area contributed by atoms with Crippen molar-refractivity contribution in [1.82, 2.24) is 10.2 Å². The van der Waals surface area contributed by atoms with E-state index >= 15 is 0 Å². The van der Waals surface area contributed by atoms with Crippen LogP contribution in [0.25, 0.3) is 0 Å². The van der Waals surface area contributed by atoms with Crippen LogP contribution in [0.2, 0.25) is 0 Å². The number of rotatable bonds is 4. The Kier molecular flexibility index (Phi) is 4.56. The summed E-state index contributed by atoms with van der Waals surface area (Å²) >= 11 is 0. The molecular weight excluding hydrogens is 355 g/mol. The molecule has 1 fully saturated rings. The molecule has 2 aliphatic rings. The van der Waals surface area contributed by atoms with Gasteiger partial charge in [-0.2, -0.15) is 8.42 Å². The van der Waals surface area contributed by atoms with Crippen molar-refractivity contribution in [2.45, 2.75) is 0 Å². The van der Waals surface area contributed by atoms with Gasteiger partial charge in [0.05, 0.1) is 17.1 Å². The molecule has 0 amide bonds. The number of anilines is 3. The Morgan fingerprint density at radius 2 is 1.58 bits per heavy atom. The molecule has 1 N–H and O–H groups in total. The Bertz CT molecular complexity index is 882. The van der Waals surface area contributed by atoms with Crippen molar-refractivity contribution in [2.75, 3.05) is 47.9 Å². The van der Waals surface area contributed by atoms with Crippen LogP contribution in [-0.4, -0.2) is 52.6 Å². The maximum absolute atomic E-state index is 13.3. The fourth-order valence-corrected chi connectivity index (χ4v) is 5.15. The molecule has 1 saturated heterocycles. The van der Waals surface area contributed by atoms with Gasteiger partial charge >= 0.3 is 10.2 Å². The molecule has 138 valence electrons. The maximum Gasteiger partial charge on any atom is 0.331 e. The van der Waals surface area contributed by atoms with Crippen LogP contribution in [0, 0.1) is 5.82 Å². The molecule has 4 rings (SSSR count). The van der Waals surface area contributed by atoms with E-state index in [1.807, 2.05) is 18.2 Å². The van der Waals surface area contributed by atoms with E-state index in [1.54, 1.807) is 6.07 Å². The predicted molar refractivity (Wildman–Crippen MR) is 101 cm³/mol. The van der Waals surface area contributed by atoms with Gasteiger partial charge in [0, 0.05) is 39.3 Å². The number of fused-ring (bicyclic) bond motifs is 1. The molecule has 2 heterocycles. The number of halogens is 1. The van der Waals surface area contributed by atoms with Crippen LogP contribution in [0.3, 0.4) is 0 Å². The van der Waals surface area contributed by atoms with Crippen LogP contribution in [0.4, 0.5) is 21.5 Å². The molecule has 0 unspecified atom stereocenters. The molecule has 0 spiro atoms. The normalized spacial score (nSPS) is 19.6. The van der Waals surface area contributed by atoms with Crippen molar-refractivity contribution in [3.8, 4) is 0 Å². The number of hydrogen-bond donors (Lipinski definition) is 1. The van der Waals surface area contributed by atoms with Crippen molar-refractivity contribution in [3.63, 3.8) is 0 Å². The third kappa shape index (κ3) is 3.04. The topological polar surface area (TPSA) is 55.9 Å². The first-order chi connectivity index (χ1) is 12.6. The summed E-state index contributed by atoms with van der Waals surface area (Å²) in [5.74, 6) is -0.394. The molecule has 0 radical (unpaired) electrons. The molecule has 0 aliphatic carbocycles. The Balaban J connectivity index is 1.66. The highest BCUT2D eigenvalue weighted by molar-refractivity contribution is 7.95. The Morgan fingerprint density at radius 3 is 2.27 bits per heavy atom. The predicted octanol–water partition coefficient (Wildman–Crippen LogP) is 1.93. The average molecular weight is 376 g/mol. The van der Waals surface area contributed by atoms with E-state index in [4.69, 9.17) is 0 Å². The zero-order valence-corrected chi connectivity index (χ0v) is 15.1. The van der Waals surface area contributed by atoms with E-state index in [9.17, 15) is 12.8 Å². The number of hydrogen-bond acceptors (Lipinski definition) is 4. The summed E-state index contributed by atoms with van der Waals surface area (Å²) in [5, 5.41) is 3.30. The Hall–Kier alpha value is -2.16. The van der Waals surface area contributed by atoms with Crippen LogP contribution in [0.15, 0.2) is 48.5 Å². The quantitative estimate of drug-likeness (QED) is 0.886. The largest absolute Gasteiger partial charge is 0.331 e. The van der Waals surface area contributed by atoms with E-state index in [2.05, 4.69) is 10.2 Å². The Labute approximate surface area is 153 Å². The van der Waals surface area contributed by atoms with Gasteiger partial charge in [-0.05, 0) is 36.4 Å². The molecule has 0 atom stereocenters. The summed E-state index contributed by atoms with van der Waals surface area (Å²) in [7, 11) is -3.75. The second kappa shape index (κ2) is 6.86. The first-order valence-corrected chi connectivity index (χ1v) is 10.1. The highest BCUT2D eigenvalue weighted by Gasteiger charge is 2.41. The van der Waals surface area contributed by atoms with Crippen LogP contribution in [0.5, 0.6) is 0 Å². The smallest absolute Gasteiger partial charge is 0.314 e. The molecular formula is C18H21FN4O2S. The fraction of sp³-hybridized carbons (Fsp3) is 0.333. The minimum atomic E-state index is -3.75. The number of piperazine rings is 1. The van der Waals surface area contributed by atoms with Crippen molar-refractivity contribution >= 4 is 27.3 Å². The zero-order valence-electron chi connectivity index (χ0n) is 14.3. The van der Waals surface area contributed by atoms with E-state index in [0.717, 1.165) is 26.2 Å². The van der Waals surface area contributed by atoms with Gasteiger partial charge in [-0.1, -0.05) is 12.1 Å². The monoisotopic (exact) mass is 376 g/mol. The summed E-state index contributed by atoms with van der Waals surface area (Å²) < 4.78 is 42.5. The van der Waals surface area contributed by atoms with Crippen LogP contribution in [-0.2, 0) is 10.2 Å². The standard InChI is InChI=1S/C18H21FN4O2S/c19-15-5-7-16(8-6-15)23-18-4-2-1-3-17(18)22(26(23,24)25)14-13-21-11-9-20-10-12-21/h1-8,20H,9-14H2. The van der Waals surface area contributed by atoms with Crippen molar-refractivity contribution < 1.29 is 12.8 Å². The average Bonchev–Trinajstić information content (AvgIpc) is 2.88. The zero-order chi connectivity index (χ0) is 18.1. The van der Waals surface area contributed by atoms with Crippen molar-refractivity contribution in [3.05, 3.63) is 54.3 Å². The summed E-state index contributed by atoms with van der Waals surface area (Å²) in [6, 6.07) is 12.8. The lowest BCUT2D eigenvalue weighted by atomic mass is 10.2. The highest BCUT2D eigenvalue weighted by Crippen LogP contribution is 2.44. The van der Waals surface area contributed by atoms with E-state index in [-0.39, 0.29) is 0 Å². The first kappa shape index (κ1) is 17.3. The van der Waals surface area contributed by atoms with Crippen LogP contribution in [0.1, 0.15) is 0 Å². The van der Waals surface area contributed by atoms with Gasteiger partial charge in [-0.3, -0.25) is 4.90 Å². The lowest BCUT2D eigenvalue weighted by molar-refractivity contribution is 0.248. The third-order valence-corrected chi connectivity index (χ3v) is 6.57. The number of para-hydroxylation sites is 2. The van der Waals surface area contributed by atoms with Gasteiger partial charge in [0.1, 0.15) is 5.82 Å². The minimum Gasteiger partial charge on any atom is -0.314 e. The molecule has 2 aliphatic heterocycles. The van der Waals surface area contributed by atoms with E-state index < -0.39 is 16.0 Å². The summed E-state index contributed by atoms with van der Waals surface area (Å²) in [5.41, 5.74) is 1.69. The lowest BCUT2D eigenvalue weighted by Gasteiger charge is -2.29. The van der Waals surface area contributed by atoms with E-state index in [0.29, 0.717) is 30.2 Å². The van der Waals surface area contributed by atoms with Crippen molar-refractivity contribution in [1.29, 1.82) is 0 Å². The molecule has 0 aromatic heterocycles. The molecule has 8 heteroatoms. The molecule has 0 bridgehead atoms. The lowest BCUT2D eigenvalue weighted by Crippen LogP contribution is -2.47. The molecule has 2 aromatic carbocycles. The van der Waals surface area contributed by atoms with Gasteiger partial charge < -0.3 is 5.32 Å². The van der Waals surface area contributed by atoms with Gasteiger partial charge in [-0.15, -0.1) is 0 Å². The molecule has 26 heavy (non-hydrogen) atoms. The summed E-state index contributed by atoms with van der Waals surface area (Å²) in [4.78, 5) is 2.26. The third-order valence-electron chi connectivity index (χ3n) is 4.77. The second-order valence-electron chi connectivity index (χ2n) is 6.40. The molecule has 6 nitrogen and oxygen atoms in total. The number of benzene rings is 2. The minimum absolute atomic E-state index is 0.386. The first-order valence-electron chi connectivity index (χ1n) is 8.68. The van der Waals surface area contributed by atoms with E-state index in [1.165, 1.54) is 32.9 Å². The van der Waals surface area contributed by atoms with Crippen LogP contribution < -0.4 is 13.9 Å². The van der Waals surface area contributed by atoms with Gasteiger partial charge in [0.2, 0.25) is 0 Å². The number of nitrogens with one attached hydrogen (secondary N) is 1. The van der Waals surface area contributed by atoms with Gasteiger partial charge in [0.25, 0.3) is 0 Å². The molecule has 0 saturated carbocycles. The number of nitrogens with zero attached hydrogens (tertiary/aromatic N) is 3. The maximum atomic E-state index is 13.3. The highest BCUT2D eigenvalue weighted by atomic mass is 32.2. The fourth-order valence-electron chi connectivity index (χ4n) is 3.45. The Morgan fingerprint density at radius 1 is 0.923 bits per heavy atom. The van der Waals surface area contributed by atoms with Gasteiger partial charge in [0.15, 0.2) is 0 Å². The molecule has 2 aromatic rings. The second-order valence-corrected chi connectivity index (χ2v) is 8.10. The SMILES string of the molecule is O=S1(=O)N(CCN2CCNCC2)c2ccccc2N1c1ccc(F)cc1.